The van der Waals surface area contributed by atoms with Crippen LogP contribution in [0.2, 0.25) is 0 Å². The Morgan fingerprint density at radius 3 is 2.21 bits per heavy atom. The molecule has 0 aliphatic rings. The van der Waals surface area contributed by atoms with Crippen molar-refractivity contribution in [1.82, 2.24) is 0 Å². The summed E-state index contributed by atoms with van der Waals surface area (Å²) in [7, 11) is 0. The van der Waals surface area contributed by atoms with Crippen LogP contribution in [0.25, 0.3) is 0 Å². The van der Waals surface area contributed by atoms with E-state index in [0.29, 0.717) is 0 Å². The first-order chi connectivity index (χ1) is 6.34. The van der Waals surface area contributed by atoms with Crippen molar-refractivity contribution in [3.8, 4) is 0 Å². The molecule has 1 heteroatoms. The molecule has 0 aliphatic heterocycles. The second-order valence-electron chi connectivity index (χ2n) is 5.13. The molecule has 1 aromatic rings. The maximum Gasteiger partial charge on any atom is 0.0346 e. The second kappa shape index (κ2) is 3.74. The number of hydrogen-bond donors (Lipinski definition) is 1. The number of aryl methyl sites for hydroxylation is 1. The summed E-state index contributed by atoms with van der Waals surface area (Å²) in [5, 5.41) is 0. The number of nitrogens with two attached hydrogens (primary N) is 1. The summed E-state index contributed by atoms with van der Waals surface area (Å²) in [4.78, 5) is 0. The highest BCUT2D eigenvalue weighted by molar-refractivity contribution is 5.35. The van der Waals surface area contributed by atoms with E-state index in [0.717, 1.165) is 0 Å². The van der Waals surface area contributed by atoms with Gasteiger partial charge in [-0.25, -0.2) is 0 Å². The van der Waals surface area contributed by atoms with Crippen molar-refractivity contribution in [3.63, 3.8) is 0 Å². The summed E-state index contributed by atoms with van der Waals surface area (Å²) >= 11 is 0. The van der Waals surface area contributed by atoms with E-state index in [1.807, 2.05) is 0 Å². The second-order valence-corrected chi connectivity index (χ2v) is 5.13. The van der Waals surface area contributed by atoms with Crippen molar-refractivity contribution in [2.45, 2.75) is 40.7 Å². The highest BCUT2D eigenvalue weighted by atomic mass is 14.7. The van der Waals surface area contributed by atoms with Crippen molar-refractivity contribution in [1.29, 1.82) is 0 Å². The Bertz CT molecular complexity index is 320. The minimum absolute atomic E-state index is 0.113. The SMILES string of the molecule is Cc1cccc([C@H](N)C(C)(C)C)c1C. The van der Waals surface area contributed by atoms with Crippen LogP contribution in [0.3, 0.4) is 0 Å². The summed E-state index contributed by atoms with van der Waals surface area (Å²) in [5.41, 5.74) is 10.3. The Morgan fingerprint density at radius 1 is 1.14 bits per heavy atom. The standard InChI is InChI=1S/C13H21N/c1-9-7-6-8-11(10(9)2)12(14)13(3,4)5/h6-8,12H,14H2,1-5H3/t12-/m0/s1. The molecule has 0 saturated heterocycles. The van der Waals surface area contributed by atoms with E-state index in [1.165, 1.54) is 16.7 Å². The Balaban J connectivity index is 3.14. The summed E-state index contributed by atoms with van der Waals surface area (Å²) in [6, 6.07) is 6.47. The van der Waals surface area contributed by atoms with Crippen LogP contribution >= 0.6 is 0 Å². The average molecular weight is 191 g/mol. The third-order valence-corrected chi connectivity index (χ3v) is 2.91. The summed E-state index contributed by atoms with van der Waals surface area (Å²) in [5.74, 6) is 0. The molecule has 78 valence electrons. The zero-order valence-electron chi connectivity index (χ0n) is 9.89. The van der Waals surface area contributed by atoms with Crippen molar-refractivity contribution in [2.75, 3.05) is 0 Å². The molecule has 0 aliphatic carbocycles. The summed E-state index contributed by atoms with van der Waals surface area (Å²) in [6.07, 6.45) is 0. The third kappa shape index (κ3) is 2.16. The van der Waals surface area contributed by atoms with Gasteiger partial charge in [-0.15, -0.1) is 0 Å². The van der Waals surface area contributed by atoms with Crippen molar-refractivity contribution in [2.24, 2.45) is 11.1 Å². The monoisotopic (exact) mass is 191 g/mol. The lowest BCUT2D eigenvalue weighted by Gasteiger charge is -2.29. The number of hydrogen-bond acceptors (Lipinski definition) is 1. The van der Waals surface area contributed by atoms with E-state index in [4.69, 9.17) is 5.73 Å². The van der Waals surface area contributed by atoms with Gasteiger partial charge in [0.15, 0.2) is 0 Å². The van der Waals surface area contributed by atoms with Crippen LogP contribution in [0.5, 0.6) is 0 Å². The summed E-state index contributed by atoms with van der Waals surface area (Å²) < 4.78 is 0. The third-order valence-electron chi connectivity index (χ3n) is 2.91. The molecule has 0 spiro atoms. The number of rotatable bonds is 1. The van der Waals surface area contributed by atoms with Gasteiger partial charge in [0.05, 0.1) is 0 Å². The first kappa shape index (κ1) is 11.3. The van der Waals surface area contributed by atoms with E-state index in [2.05, 4.69) is 52.8 Å². The maximum atomic E-state index is 6.24. The Morgan fingerprint density at radius 2 is 1.71 bits per heavy atom. The molecule has 0 fully saturated rings. The van der Waals surface area contributed by atoms with Crippen LogP contribution in [0.1, 0.15) is 43.5 Å². The molecule has 1 atom stereocenters. The van der Waals surface area contributed by atoms with Crippen molar-refractivity contribution < 1.29 is 0 Å². The van der Waals surface area contributed by atoms with E-state index in [1.54, 1.807) is 0 Å². The molecule has 1 aromatic carbocycles. The smallest absolute Gasteiger partial charge is 0.0346 e. The minimum atomic E-state index is 0.113. The Hall–Kier alpha value is -0.820. The normalized spacial score (nSPS) is 14.1. The lowest BCUT2D eigenvalue weighted by Crippen LogP contribution is -2.27. The highest BCUT2D eigenvalue weighted by Gasteiger charge is 2.23. The zero-order chi connectivity index (χ0) is 10.9. The van der Waals surface area contributed by atoms with E-state index in [-0.39, 0.29) is 11.5 Å². The van der Waals surface area contributed by atoms with Crippen LogP contribution in [0, 0.1) is 19.3 Å². The molecule has 1 nitrogen and oxygen atoms in total. The minimum Gasteiger partial charge on any atom is -0.324 e. The molecule has 1 rings (SSSR count). The maximum absolute atomic E-state index is 6.24. The van der Waals surface area contributed by atoms with Crippen LogP contribution < -0.4 is 5.73 Å². The fourth-order valence-corrected chi connectivity index (χ4v) is 1.58. The predicted octanol–water partition coefficient (Wildman–Crippen LogP) is 3.35. The van der Waals surface area contributed by atoms with Gasteiger partial charge in [0, 0.05) is 6.04 Å². The van der Waals surface area contributed by atoms with Gasteiger partial charge in [-0.2, -0.15) is 0 Å². The summed E-state index contributed by atoms with van der Waals surface area (Å²) in [6.45, 7) is 10.8. The van der Waals surface area contributed by atoms with E-state index < -0.39 is 0 Å². The fourth-order valence-electron chi connectivity index (χ4n) is 1.58. The molecule has 0 amide bonds. The molecule has 0 saturated carbocycles. The Kier molecular flexibility index (Phi) is 3.01. The van der Waals surface area contributed by atoms with Crippen molar-refractivity contribution in [3.05, 3.63) is 34.9 Å². The fraction of sp³-hybridized carbons (Fsp3) is 0.538. The van der Waals surface area contributed by atoms with Crippen LogP contribution in [0.4, 0.5) is 0 Å². The Labute approximate surface area is 87.3 Å². The molecule has 0 unspecified atom stereocenters. The van der Waals surface area contributed by atoms with Crippen LogP contribution in [-0.4, -0.2) is 0 Å². The van der Waals surface area contributed by atoms with Gasteiger partial charge in [-0.1, -0.05) is 39.0 Å². The van der Waals surface area contributed by atoms with Gasteiger partial charge in [0.25, 0.3) is 0 Å². The predicted molar refractivity (Wildman–Crippen MR) is 62.3 cm³/mol. The average Bonchev–Trinajstić information content (AvgIpc) is 2.07. The molecule has 0 radical (unpaired) electrons. The van der Waals surface area contributed by atoms with Gasteiger partial charge in [-0.05, 0) is 36.0 Å². The van der Waals surface area contributed by atoms with Crippen LogP contribution in [-0.2, 0) is 0 Å². The first-order valence-electron chi connectivity index (χ1n) is 5.15. The van der Waals surface area contributed by atoms with Gasteiger partial charge in [0.1, 0.15) is 0 Å². The van der Waals surface area contributed by atoms with Crippen molar-refractivity contribution >= 4 is 0 Å². The van der Waals surface area contributed by atoms with Crippen LogP contribution in [0.15, 0.2) is 18.2 Å². The molecule has 2 N–H and O–H groups in total. The first-order valence-corrected chi connectivity index (χ1v) is 5.15. The molecular formula is C13H21N. The number of benzene rings is 1. The van der Waals surface area contributed by atoms with Gasteiger partial charge in [-0.3, -0.25) is 0 Å². The van der Waals surface area contributed by atoms with Gasteiger partial charge >= 0.3 is 0 Å². The van der Waals surface area contributed by atoms with Gasteiger partial charge < -0.3 is 5.73 Å². The zero-order valence-corrected chi connectivity index (χ0v) is 9.89. The molecule has 0 heterocycles. The van der Waals surface area contributed by atoms with Gasteiger partial charge in [0.2, 0.25) is 0 Å². The molecular weight excluding hydrogens is 170 g/mol. The molecule has 0 bridgehead atoms. The van der Waals surface area contributed by atoms with E-state index in [9.17, 15) is 0 Å². The topological polar surface area (TPSA) is 26.0 Å². The highest BCUT2D eigenvalue weighted by Crippen LogP contribution is 2.32. The lowest BCUT2D eigenvalue weighted by atomic mass is 9.81. The molecule has 0 aromatic heterocycles. The lowest BCUT2D eigenvalue weighted by molar-refractivity contribution is 0.326. The quantitative estimate of drug-likeness (QED) is 0.723. The largest absolute Gasteiger partial charge is 0.324 e. The molecule has 14 heavy (non-hydrogen) atoms. The van der Waals surface area contributed by atoms with E-state index >= 15 is 0 Å².